The zero-order chi connectivity index (χ0) is 9.97. The van der Waals surface area contributed by atoms with Crippen LogP contribution in [0.3, 0.4) is 0 Å². The third-order valence-electron chi connectivity index (χ3n) is 3.41. The monoisotopic (exact) mass is 196 g/mol. The first-order chi connectivity index (χ1) is 6.78. The molecule has 0 aromatic rings. The molecule has 0 radical (unpaired) electrons. The van der Waals surface area contributed by atoms with E-state index in [4.69, 9.17) is 5.73 Å². The van der Waals surface area contributed by atoms with Crippen molar-refractivity contribution >= 4 is 5.91 Å². The van der Waals surface area contributed by atoms with Gasteiger partial charge in [0.15, 0.2) is 0 Å². The second kappa shape index (κ2) is 4.30. The molecule has 0 heterocycles. The van der Waals surface area contributed by atoms with Gasteiger partial charge < -0.3 is 11.1 Å². The van der Waals surface area contributed by atoms with Crippen LogP contribution in [0.1, 0.15) is 38.5 Å². The summed E-state index contributed by atoms with van der Waals surface area (Å²) in [4.78, 5) is 11.5. The predicted molar refractivity (Wildman–Crippen MR) is 55.7 cm³/mol. The molecule has 3 N–H and O–H groups in total. The van der Waals surface area contributed by atoms with Crippen molar-refractivity contribution in [3.05, 3.63) is 0 Å². The van der Waals surface area contributed by atoms with E-state index in [1.165, 1.54) is 19.3 Å². The molecule has 0 aromatic carbocycles. The first-order valence-electron chi connectivity index (χ1n) is 5.77. The van der Waals surface area contributed by atoms with Crippen LogP contribution in [0.2, 0.25) is 0 Å². The van der Waals surface area contributed by atoms with E-state index in [2.05, 4.69) is 5.32 Å². The highest BCUT2D eigenvalue weighted by molar-refractivity contribution is 5.76. The summed E-state index contributed by atoms with van der Waals surface area (Å²) in [5, 5.41) is 3.12. The summed E-state index contributed by atoms with van der Waals surface area (Å²) in [6.07, 6.45) is 6.66. The Morgan fingerprint density at radius 2 is 1.93 bits per heavy atom. The van der Waals surface area contributed by atoms with Gasteiger partial charge in [-0.3, -0.25) is 4.79 Å². The van der Waals surface area contributed by atoms with Crippen molar-refractivity contribution in [2.45, 2.75) is 44.6 Å². The third-order valence-corrected chi connectivity index (χ3v) is 3.41. The van der Waals surface area contributed by atoms with Crippen molar-refractivity contribution in [2.24, 2.45) is 17.6 Å². The molecule has 2 fully saturated rings. The van der Waals surface area contributed by atoms with Gasteiger partial charge in [-0.05, 0) is 50.5 Å². The van der Waals surface area contributed by atoms with Gasteiger partial charge in [0.05, 0.1) is 0 Å². The summed E-state index contributed by atoms with van der Waals surface area (Å²) < 4.78 is 0. The normalized spacial score (nSPS) is 31.8. The van der Waals surface area contributed by atoms with E-state index in [-0.39, 0.29) is 5.91 Å². The number of carbonyl (C=O) groups is 1. The molecule has 14 heavy (non-hydrogen) atoms. The van der Waals surface area contributed by atoms with Crippen LogP contribution in [0, 0.1) is 11.8 Å². The maximum Gasteiger partial charge on any atom is 0.220 e. The van der Waals surface area contributed by atoms with Crippen LogP contribution < -0.4 is 11.1 Å². The second-order valence-corrected chi connectivity index (χ2v) is 4.83. The maximum absolute atomic E-state index is 11.5. The summed E-state index contributed by atoms with van der Waals surface area (Å²) >= 11 is 0. The van der Waals surface area contributed by atoms with Gasteiger partial charge in [0, 0.05) is 12.5 Å². The summed E-state index contributed by atoms with van der Waals surface area (Å²) in [6, 6.07) is 0.412. The molecule has 2 saturated carbocycles. The molecule has 0 aromatic heterocycles. The standard InChI is InChI=1S/C11H20N2O/c12-7-9-3-4-10(5-9)13-11(14)6-8-1-2-8/h8-10H,1-7,12H2,(H,13,14)/t9-,10+/m1/s1. The van der Waals surface area contributed by atoms with Gasteiger partial charge in [-0.15, -0.1) is 0 Å². The van der Waals surface area contributed by atoms with Gasteiger partial charge in [-0.25, -0.2) is 0 Å². The predicted octanol–water partition coefficient (Wildman–Crippen LogP) is 1.03. The van der Waals surface area contributed by atoms with E-state index in [1.807, 2.05) is 0 Å². The van der Waals surface area contributed by atoms with E-state index in [0.717, 1.165) is 25.8 Å². The van der Waals surface area contributed by atoms with Crippen molar-refractivity contribution in [1.82, 2.24) is 5.32 Å². The van der Waals surface area contributed by atoms with Gasteiger partial charge in [0.25, 0.3) is 0 Å². The topological polar surface area (TPSA) is 55.1 Å². The highest BCUT2D eigenvalue weighted by Crippen LogP contribution is 2.32. The molecule has 0 bridgehead atoms. The smallest absolute Gasteiger partial charge is 0.220 e. The average molecular weight is 196 g/mol. The minimum Gasteiger partial charge on any atom is -0.353 e. The summed E-state index contributed by atoms with van der Waals surface area (Å²) in [5.41, 5.74) is 5.60. The Labute approximate surface area is 85.4 Å². The number of nitrogens with two attached hydrogens (primary N) is 1. The number of nitrogens with one attached hydrogen (secondary N) is 1. The SMILES string of the molecule is NC[C@@H]1CC[C@H](NC(=O)CC2CC2)C1. The Morgan fingerprint density at radius 1 is 1.21 bits per heavy atom. The number of amides is 1. The Kier molecular flexibility index (Phi) is 3.06. The maximum atomic E-state index is 11.5. The molecule has 1 amide bonds. The van der Waals surface area contributed by atoms with Gasteiger partial charge in [-0.1, -0.05) is 0 Å². The number of hydrogen-bond acceptors (Lipinski definition) is 2. The molecule has 2 aliphatic rings. The lowest BCUT2D eigenvalue weighted by atomic mass is 10.1. The molecule has 0 spiro atoms. The van der Waals surface area contributed by atoms with Gasteiger partial charge in [0.1, 0.15) is 0 Å². The van der Waals surface area contributed by atoms with Crippen molar-refractivity contribution in [3.63, 3.8) is 0 Å². The summed E-state index contributed by atoms with van der Waals surface area (Å²) in [7, 11) is 0. The summed E-state index contributed by atoms with van der Waals surface area (Å²) in [6.45, 7) is 0.773. The largest absolute Gasteiger partial charge is 0.353 e. The van der Waals surface area contributed by atoms with E-state index >= 15 is 0 Å². The van der Waals surface area contributed by atoms with Gasteiger partial charge in [-0.2, -0.15) is 0 Å². The van der Waals surface area contributed by atoms with Crippen molar-refractivity contribution in [1.29, 1.82) is 0 Å². The molecular formula is C11H20N2O. The van der Waals surface area contributed by atoms with Gasteiger partial charge in [0.2, 0.25) is 5.91 Å². The van der Waals surface area contributed by atoms with Crippen LogP contribution in [-0.4, -0.2) is 18.5 Å². The lowest BCUT2D eigenvalue weighted by Gasteiger charge is -2.12. The van der Waals surface area contributed by atoms with E-state index in [0.29, 0.717) is 17.9 Å². The molecule has 2 rings (SSSR count). The highest BCUT2D eigenvalue weighted by atomic mass is 16.1. The molecule has 80 valence electrons. The van der Waals surface area contributed by atoms with Crippen LogP contribution in [0.4, 0.5) is 0 Å². The Balaban J connectivity index is 1.66. The van der Waals surface area contributed by atoms with E-state index in [9.17, 15) is 4.79 Å². The fourth-order valence-corrected chi connectivity index (χ4v) is 2.29. The Hall–Kier alpha value is -0.570. The zero-order valence-corrected chi connectivity index (χ0v) is 8.67. The van der Waals surface area contributed by atoms with Crippen molar-refractivity contribution in [3.8, 4) is 0 Å². The minimum atomic E-state index is 0.259. The Bertz CT molecular complexity index is 213. The lowest BCUT2D eigenvalue weighted by Crippen LogP contribution is -2.33. The minimum absolute atomic E-state index is 0.259. The zero-order valence-electron chi connectivity index (χ0n) is 8.67. The van der Waals surface area contributed by atoms with E-state index in [1.54, 1.807) is 0 Å². The number of carbonyl (C=O) groups excluding carboxylic acids is 1. The first-order valence-corrected chi connectivity index (χ1v) is 5.77. The third kappa shape index (κ3) is 2.71. The molecular weight excluding hydrogens is 176 g/mol. The van der Waals surface area contributed by atoms with E-state index < -0.39 is 0 Å². The fraction of sp³-hybridized carbons (Fsp3) is 0.909. The quantitative estimate of drug-likeness (QED) is 0.705. The number of rotatable bonds is 4. The van der Waals surface area contributed by atoms with Crippen molar-refractivity contribution < 1.29 is 4.79 Å². The highest BCUT2D eigenvalue weighted by Gasteiger charge is 2.28. The van der Waals surface area contributed by atoms with Crippen LogP contribution in [-0.2, 0) is 4.79 Å². The van der Waals surface area contributed by atoms with Crippen LogP contribution in [0.25, 0.3) is 0 Å². The molecule has 2 aliphatic carbocycles. The first kappa shape index (κ1) is 9.97. The van der Waals surface area contributed by atoms with Gasteiger partial charge >= 0.3 is 0 Å². The fourth-order valence-electron chi connectivity index (χ4n) is 2.29. The van der Waals surface area contributed by atoms with Crippen molar-refractivity contribution in [2.75, 3.05) is 6.54 Å². The molecule has 0 aliphatic heterocycles. The molecule has 0 saturated heterocycles. The second-order valence-electron chi connectivity index (χ2n) is 4.83. The molecule has 0 unspecified atom stereocenters. The molecule has 3 heteroatoms. The average Bonchev–Trinajstić information content (AvgIpc) is 2.83. The lowest BCUT2D eigenvalue weighted by molar-refractivity contribution is -0.122. The number of hydrogen-bond donors (Lipinski definition) is 2. The molecule has 3 nitrogen and oxygen atoms in total. The Morgan fingerprint density at radius 3 is 2.50 bits per heavy atom. The molecule has 2 atom stereocenters. The van der Waals surface area contributed by atoms with Crippen LogP contribution >= 0.6 is 0 Å². The van der Waals surface area contributed by atoms with Crippen LogP contribution in [0.5, 0.6) is 0 Å². The van der Waals surface area contributed by atoms with Crippen LogP contribution in [0.15, 0.2) is 0 Å². The summed E-state index contributed by atoms with van der Waals surface area (Å²) in [5.74, 6) is 1.60.